The van der Waals surface area contributed by atoms with Crippen LogP contribution in [0.15, 0.2) is 30.9 Å². The Labute approximate surface area is 139 Å². The monoisotopic (exact) mass is 331 g/mol. The number of hydrogen-bond donors (Lipinski definition) is 1. The first-order valence-corrected chi connectivity index (χ1v) is 8.34. The number of amides is 1. The summed E-state index contributed by atoms with van der Waals surface area (Å²) in [5, 5.41) is 3.40. The molecule has 1 N–H and O–H groups in total. The Kier molecular flexibility index (Phi) is 3.27. The molecule has 0 aromatic heterocycles. The quantitative estimate of drug-likeness (QED) is 0.866. The minimum absolute atomic E-state index is 0.0367. The third-order valence-electron chi connectivity index (χ3n) is 5.42. The van der Waals surface area contributed by atoms with Gasteiger partial charge < -0.3 is 10.1 Å². The molecule has 0 bridgehead atoms. The van der Waals surface area contributed by atoms with Crippen molar-refractivity contribution in [3.63, 3.8) is 0 Å². The molecule has 2 saturated carbocycles. The number of fused-ring (bicyclic) bond motifs is 3. The van der Waals surface area contributed by atoms with Crippen molar-refractivity contribution in [2.24, 2.45) is 17.8 Å². The maximum atomic E-state index is 12.6. The van der Waals surface area contributed by atoms with Gasteiger partial charge in [0.1, 0.15) is 11.4 Å². The second-order valence-electron chi connectivity index (χ2n) is 6.70. The number of nitrogens with one attached hydrogen (secondary N) is 1. The molecular weight excluding hydrogens is 314 g/mol. The van der Waals surface area contributed by atoms with Gasteiger partial charge >= 0.3 is 0 Å². The summed E-state index contributed by atoms with van der Waals surface area (Å²) in [6.45, 7) is 4.09. The van der Waals surface area contributed by atoms with E-state index in [1.807, 2.05) is 0 Å². The Hall–Kier alpha value is -1.81. The Bertz CT molecular complexity index is 716. The molecule has 4 atom stereocenters. The number of ether oxygens (including phenoxy) is 1. The summed E-state index contributed by atoms with van der Waals surface area (Å²) in [5.74, 6) is 1.15. The topological polar surface area (TPSA) is 55.4 Å². The first kappa shape index (κ1) is 14.8. The molecule has 23 heavy (non-hydrogen) atoms. The van der Waals surface area contributed by atoms with Crippen LogP contribution in [0.4, 0.5) is 0 Å². The molecule has 1 heterocycles. The van der Waals surface area contributed by atoms with Gasteiger partial charge in [0.2, 0.25) is 5.91 Å². The fourth-order valence-corrected chi connectivity index (χ4v) is 4.60. The Morgan fingerprint density at radius 2 is 2.35 bits per heavy atom. The van der Waals surface area contributed by atoms with Crippen molar-refractivity contribution in [2.45, 2.75) is 24.9 Å². The van der Waals surface area contributed by atoms with Gasteiger partial charge in [-0.15, -0.1) is 6.58 Å². The largest absolute Gasteiger partial charge is 0.486 e. The first-order valence-electron chi connectivity index (χ1n) is 7.96. The van der Waals surface area contributed by atoms with E-state index in [1.165, 1.54) is 0 Å². The Morgan fingerprint density at radius 3 is 3.13 bits per heavy atom. The van der Waals surface area contributed by atoms with E-state index in [0.29, 0.717) is 35.2 Å². The van der Waals surface area contributed by atoms with Crippen LogP contribution >= 0.6 is 11.6 Å². The summed E-state index contributed by atoms with van der Waals surface area (Å²) in [6, 6.07) is 5.17. The molecule has 1 amide bonds. The third-order valence-corrected chi connectivity index (χ3v) is 5.65. The highest BCUT2D eigenvalue weighted by Crippen LogP contribution is 2.65. The van der Waals surface area contributed by atoms with E-state index in [1.54, 1.807) is 24.3 Å². The normalized spacial score (nSPS) is 33.6. The summed E-state index contributed by atoms with van der Waals surface area (Å²) in [6.07, 6.45) is 3.79. The molecule has 1 spiro atoms. The van der Waals surface area contributed by atoms with Gasteiger partial charge in [-0.2, -0.15) is 0 Å². The average Bonchev–Trinajstić information content (AvgIpc) is 3.18. The van der Waals surface area contributed by atoms with Gasteiger partial charge in [0, 0.05) is 23.4 Å². The van der Waals surface area contributed by atoms with E-state index in [9.17, 15) is 9.59 Å². The average molecular weight is 332 g/mol. The minimum Gasteiger partial charge on any atom is -0.486 e. The number of halogens is 1. The molecule has 2 aliphatic carbocycles. The van der Waals surface area contributed by atoms with Crippen molar-refractivity contribution in [3.05, 3.63) is 41.4 Å². The van der Waals surface area contributed by atoms with Crippen molar-refractivity contribution in [1.29, 1.82) is 0 Å². The van der Waals surface area contributed by atoms with Gasteiger partial charge in [-0.3, -0.25) is 9.59 Å². The van der Waals surface area contributed by atoms with Crippen LogP contribution < -0.4 is 10.1 Å². The van der Waals surface area contributed by atoms with Crippen LogP contribution in [0.2, 0.25) is 5.02 Å². The van der Waals surface area contributed by atoms with E-state index in [2.05, 4.69) is 11.9 Å². The van der Waals surface area contributed by atoms with Crippen molar-refractivity contribution < 1.29 is 14.3 Å². The number of hydrogen-bond acceptors (Lipinski definition) is 3. The first-order chi connectivity index (χ1) is 11.1. The van der Waals surface area contributed by atoms with Crippen LogP contribution in [0.1, 0.15) is 29.6 Å². The molecular formula is C18H18ClNO3. The number of carbonyl (C=O) groups is 2. The third kappa shape index (κ3) is 2.19. The molecule has 120 valence electrons. The van der Waals surface area contributed by atoms with Crippen LogP contribution in [-0.4, -0.2) is 23.8 Å². The van der Waals surface area contributed by atoms with E-state index < -0.39 is 5.60 Å². The lowest BCUT2D eigenvalue weighted by atomic mass is 9.84. The minimum atomic E-state index is -0.515. The highest BCUT2D eigenvalue weighted by atomic mass is 35.5. The van der Waals surface area contributed by atoms with Crippen LogP contribution in [0.25, 0.3) is 0 Å². The second kappa shape index (κ2) is 5.10. The summed E-state index contributed by atoms with van der Waals surface area (Å²) >= 11 is 5.97. The zero-order valence-corrected chi connectivity index (χ0v) is 13.4. The van der Waals surface area contributed by atoms with Gasteiger partial charge in [-0.05, 0) is 37.0 Å². The Balaban J connectivity index is 1.59. The number of ketones is 1. The molecule has 5 heteroatoms. The fraction of sp³-hybridized carbons (Fsp3) is 0.444. The summed E-state index contributed by atoms with van der Waals surface area (Å²) in [4.78, 5) is 24.8. The molecule has 2 fully saturated rings. The zero-order chi connectivity index (χ0) is 16.2. The lowest BCUT2D eigenvalue weighted by Gasteiger charge is -2.37. The summed E-state index contributed by atoms with van der Waals surface area (Å²) < 4.78 is 6.26. The fourth-order valence-electron chi connectivity index (χ4n) is 4.43. The van der Waals surface area contributed by atoms with Crippen LogP contribution in [0.3, 0.4) is 0 Å². The number of Topliss-reactive ketones (excluding diaryl/α,β-unsaturated/α-hetero) is 1. The highest BCUT2D eigenvalue weighted by Gasteiger charge is 2.70. The summed E-state index contributed by atoms with van der Waals surface area (Å²) in [5.41, 5.74) is 0.0403. The molecule has 4 nitrogen and oxygen atoms in total. The van der Waals surface area contributed by atoms with E-state index >= 15 is 0 Å². The van der Waals surface area contributed by atoms with E-state index in [-0.39, 0.29) is 23.5 Å². The van der Waals surface area contributed by atoms with Gasteiger partial charge in [-0.1, -0.05) is 17.7 Å². The SMILES string of the molecule is C=CCNC(=O)C1C2CCC3(CC(=O)c4cc(Cl)ccc4O3)C21. The molecule has 0 radical (unpaired) electrons. The van der Waals surface area contributed by atoms with E-state index in [0.717, 1.165) is 12.8 Å². The van der Waals surface area contributed by atoms with E-state index in [4.69, 9.17) is 16.3 Å². The molecule has 1 aromatic rings. The Morgan fingerprint density at radius 1 is 1.52 bits per heavy atom. The molecule has 1 aliphatic heterocycles. The summed E-state index contributed by atoms with van der Waals surface area (Å²) in [7, 11) is 0. The van der Waals surface area contributed by atoms with Crippen molar-refractivity contribution >= 4 is 23.3 Å². The van der Waals surface area contributed by atoms with Crippen molar-refractivity contribution in [2.75, 3.05) is 6.54 Å². The molecule has 3 aliphatic rings. The maximum Gasteiger partial charge on any atom is 0.224 e. The predicted octanol–water partition coefficient (Wildman–Crippen LogP) is 3.00. The molecule has 4 unspecified atom stereocenters. The van der Waals surface area contributed by atoms with Crippen LogP contribution in [-0.2, 0) is 4.79 Å². The number of benzene rings is 1. The smallest absolute Gasteiger partial charge is 0.224 e. The van der Waals surface area contributed by atoms with Crippen molar-refractivity contribution in [3.8, 4) is 5.75 Å². The van der Waals surface area contributed by atoms with Crippen LogP contribution in [0, 0.1) is 17.8 Å². The van der Waals surface area contributed by atoms with Crippen molar-refractivity contribution in [1.82, 2.24) is 5.32 Å². The standard InChI is InChI=1S/C18H18ClNO3/c1-2-7-20-17(22)15-11-5-6-18(16(11)15)9-13(21)12-8-10(19)3-4-14(12)23-18/h2-4,8,11,15-16H,1,5-7,9H2,(H,20,22). The predicted molar refractivity (Wildman–Crippen MR) is 86.7 cm³/mol. The maximum absolute atomic E-state index is 12.6. The lowest BCUT2D eigenvalue weighted by Crippen LogP contribution is -2.44. The number of rotatable bonds is 3. The molecule has 4 rings (SSSR count). The molecule has 0 saturated heterocycles. The van der Waals surface area contributed by atoms with Crippen LogP contribution in [0.5, 0.6) is 5.75 Å². The lowest BCUT2D eigenvalue weighted by molar-refractivity contribution is -0.123. The number of carbonyl (C=O) groups excluding carboxylic acids is 2. The van der Waals surface area contributed by atoms with Gasteiger partial charge in [0.15, 0.2) is 5.78 Å². The molecule has 1 aromatic carbocycles. The van der Waals surface area contributed by atoms with Gasteiger partial charge in [-0.25, -0.2) is 0 Å². The van der Waals surface area contributed by atoms with Gasteiger partial charge in [0.05, 0.1) is 12.0 Å². The zero-order valence-electron chi connectivity index (χ0n) is 12.7. The highest BCUT2D eigenvalue weighted by molar-refractivity contribution is 6.31. The van der Waals surface area contributed by atoms with Gasteiger partial charge in [0.25, 0.3) is 0 Å². The second-order valence-corrected chi connectivity index (χ2v) is 7.13.